The topological polar surface area (TPSA) is 108 Å². The minimum Gasteiger partial charge on any atom is -0.388 e. The van der Waals surface area contributed by atoms with E-state index < -0.39 is 6.10 Å². The van der Waals surface area contributed by atoms with Crippen molar-refractivity contribution in [3.05, 3.63) is 40.1 Å². The molecule has 3 heterocycles. The first kappa shape index (κ1) is 27.3. The number of aromatic nitrogens is 2. The molecule has 1 saturated carbocycles. The van der Waals surface area contributed by atoms with Crippen LogP contribution in [0, 0.1) is 5.92 Å². The molecule has 0 bridgehead atoms. The molecule has 0 spiro atoms. The zero-order valence-corrected chi connectivity index (χ0v) is 23.5. The third-order valence-electron chi connectivity index (χ3n) is 7.90. The van der Waals surface area contributed by atoms with E-state index in [0.717, 1.165) is 48.3 Å². The van der Waals surface area contributed by atoms with Gasteiger partial charge in [-0.15, -0.1) is 11.3 Å². The van der Waals surface area contributed by atoms with E-state index >= 15 is 0 Å². The number of aryl methyl sites for hydroxylation is 1. The molecule has 1 aliphatic carbocycles. The van der Waals surface area contributed by atoms with E-state index in [4.69, 9.17) is 4.98 Å². The average Bonchev–Trinajstić information content (AvgIpc) is 3.72. The van der Waals surface area contributed by atoms with Crippen molar-refractivity contribution in [2.24, 2.45) is 5.92 Å². The first-order chi connectivity index (χ1) is 18.8. The van der Waals surface area contributed by atoms with Crippen molar-refractivity contribution >= 4 is 51.7 Å². The zero-order chi connectivity index (χ0) is 27.5. The van der Waals surface area contributed by atoms with Crippen LogP contribution in [0.4, 0.5) is 11.6 Å². The van der Waals surface area contributed by atoms with Crippen LogP contribution in [-0.4, -0.2) is 57.4 Å². The summed E-state index contributed by atoms with van der Waals surface area (Å²) in [5, 5.41) is 12.8. The molecule has 208 valence electrons. The Morgan fingerprint density at radius 1 is 1.18 bits per heavy atom. The van der Waals surface area contributed by atoms with Gasteiger partial charge in [-0.25, -0.2) is 4.98 Å². The molecule has 1 atom stereocenters. The maximum atomic E-state index is 13.1. The summed E-state index contributed by atoms with van der Waals surface area (Å²) in [4.78, 5) is 47.7. The van der Waals surface area contributed by atoms with Crippen molar-refractivity contribution in [1.29, 1.82) is 0 Å². The fraction of sp³-hybridized carbons (Fsp3) is 0.517. The van der Waals surface area contributed by atoms with E-state index in [1.807, 2.05) is 34.7 Å². The largest absolute Gasteiger partial charge is 0.388 e. The monoisotopic (exact) mass is 551 g/mol. The second kappa shape index (κ2) is 11.9. The Morgan fingerprint density at radius 2 is 1.97 bits per heavy atom. The molecule has 9 nitrogen and oxygen atoms in total. The number of nitrogens with zero attached hydrogens (tertiary/aromatic N) is 4. The highest BCUT2D eigenvalue weighted by Crippen LogP contribution is 2.30. The predicted molar refractivity (Wildman–Crippen MR) is 153 cm³/mol. The summed E-state index contributed by atoms with van der Waals surface area (Å²) in [5.74, 6) is 0.907. The summed E-state index contributed by atoms with van der Waals surface area (Å²) in [6, 6.07) is 9.23. The third kappa shape index (κ3) is 6.17. The number of likely N-dealkylation sites (tertiary alicyclic amines) is 1. The average molecular weight is 552 g/mol. The quantitative estimate of drug-likeness (QED) is 0.370. The number of hydrogen-bond acceptors (Lipinski definition) is 6. The zero-order valence-electron chi connectivity index (χ0n) is 22.7. The van der Waals surface area contributed by atoms with Gasteiger partial charge < -0.3 is 19.5 Å². The lowest BCUT2D eigenvalue weighted by Crippen LogP contribution is -2.27. The molecule has 5 rings (SSSR count). The number of carbonyl (C=O) groups excluding carboxylic acids is 3. The third-order valence-corrected chi connectivity index (χ3v) is 9.15. The number of aliphatic hydroxyl groups excluding tert-OH is 1. The Kier molecular flexibility index (Phi) is 8.32. The van der Waals surface area contributed by atoms with Gasteiger partial charge in [0.15, 0.2) is 0 Å². The lowest BCUT2D eigenvalue weighted by Gasteiger charge is -2.19. The van der Waals surface area contributed by atoms with Gasteiger partial charge in [-0.2, -0.15) is 0 Å². The fourth-order valence-corrected chi connectivity index (χ4v) is 6.45. The van der Waals surface area contributed by atoms with Gasteiger partial charge in [-0.05, 0) is 68.9 Å². The van der Waals surface area contributed by atoms with Crippen molar-refractivity contribution in [2.45, 2.75) is 70.9 Å². The van der Waals surface area contributed by atoms with Crippen LogP contribution in [-0.2, 0) is 16.1 Å². The highest BCUT2D eigenvalue weighted by atomic mass is 32.1. The molecule has 2 aromatic heterocycles. The van der Waals surface area contributed by atoms with Crippen LogP contribution in [0.25, 0.3) is 11.0 Å². The summed E-state index contributed by atoms with van der Waals surface area (Å²) in [7, 11) is 1.81. The molecular weight excluding hydrogens is 514 g/mol. The number of aliphatic hydroxyl groups is 1. The van der Waals surface area contributed by atoms with E-state index in [1.54, 1.807) is 24.0 Å². The second-order valence-electron chi connectivity index (χ2n) is 10.7. The lowest BCUT2D eigenvalue weighted by atomic mass is 10.0. The first-order valence-electron chi connectivity index (χ1n) is 13.9. The molecule has 39 heavy (non-hydrogen) atoms. The molecule has 3 amide bonds. The minimum absolute atomic E-state index is 0.108. The van der Waals surface area contributed by atoms with Crippen LogP contribution in [0.15, 0.2) is 30.3 Å². The number of thiophene rings is 1. The number of rotatable bonds is 10. The molecule has 1 saturated heterocycles. The number of fused-ring (bicyclic) bond motifs is 1. The van der Waals surface area contributed by atoms with Crippen LogP contribution in [0.1, 0.15) is 78.9 Å². The molecule has 0 radical (unpaired) electrons. The van der Waals surface area contributed by atoms with Gasteiger partial charge in [-0.1, -0.05) is 12.8 Å². The SMILES string of the molecule is CC(O)c1ccc(C(=O)Nc2nc3cc(N(C)C(=O)CC4CCCC4)ccc3n2CCCN2CCCC2=O)s1. The highest BCUT2D eigenvalue weighted by molar-refractivity contribution is 7.14. The van der Waals surface area contributed by atoms with Gasteiger partial charge in [-0.3, -0.25) is 19.7 Å². The van der Waals surface area contributed by atoms with Crippen LogP contribution < -0.4 is 10.2 Å². The van der Waals surface area contributed by atoms with E-state index in [0.29, 0.717) is 48.2 Å². The molecule has 1 aromatic carbocycles. The van der Waals surface area contributed by atoms with Crippen LogP contribution in [0.2, 0.25) is 0 Å². The molecule has 2 fully saturated rings. The summed E-state index contributed by atoms with van der Waals surface area (Å²) in [6.07, 6.45) is 6.83. The normalized spacial score (nSPS) is 16.8. The number of amides is 3. The summed E-state index contributed by atoms with van der Waals surface area (Å²) in [6.45, 7) is 3.70. The molecule has 3 aromatic rings. The van der Waals surface area contributed by atoms with Gasteiger partial charge in [0.1, 0.15) is 0 Å². The van der Waals surface area contributed by atoms with Gasteiger partial charge in [0.25, 0.3) is 5.91 Å². The van der Waals surface area contributed by atoms with E-state index in [-0.39, 0.29) is 17.7 Å². The summed E-state index contributed by atoms with van der Waals surface area (Å²) < 4.78 is 1.97. The Labute approximate surface area is 232 Å². The summed E-state index contributed by atoms with van der Waals surface area (Å²) in [5.41, 5.74) is 2.32. The minimum atomic E-state index is -0.638. The van der Waals surface area contributed by atoms with E-state index in [2.05, 4.69) is 5.32 Å². The molecule has 1 unspecified atom stereocenters. The number of benzene rings is 1. The Bertz CT molecular complexity index is 1360. The van der Waals surface area contributed by atoms with E-state index in [1.165, 1.54) is 24.2 Å². The number of hydrogen-bond donors (Lipinski definition) is 2. The van der Waals surface area contributed by atoms with Crippen molar-refractivity contribution in [3.8, 4) is 0 Å². The van der Waals surface area contributed by atoms with Crippen molar-refractivity contribution in [1.82, 2.24) is 14.5 Å². The van der Waals surface area contributed by atoms with Gasteiger partial charge >= 0.3 is 0 Å². The number of carbonyl (C=O) groups is 3. The van der Waals surface area contributed by atoms with Crippen LogP contribution in [0.3, 0.4) is 0 Å². The Balaban J connectivity index is 1.38. The number of imidazole rings is 1. The maximum Gasteiger partial charge on any atom is 0.268 e. The van der Waals surface area contributed by atoms with Crippen molar-refractivity contribution in [3.63, 3.8) is 0 Å². The lowest BCUT2D eigenvalue weighted by molar-refractivity contribution is -0.127. The Morgan fingerprint density at radius 3 is 2.67 bits per heavy atom. The van der Waals surface area contributed by atoms with Crippen molar-refractivity contribution < 1.29 is 19.5 Å². The fourth-order valence-electron chi connectivity index (χ4n) is 5.61. The van der Waals surface area contributed by atoms with E-state index in [9.17, 15) is 19.5 Å². The molecule has 10 heteroatoms. The Hall–Kier alpha value is -3.24. The van der Waals surface area contributed by atoms with Gasteiger partial charge in [0.2, 0.25) is 17.8 Å². The van der Waals surface area contributed by atoms with Crippen molar-refractivity contribution in [2.75, 3.05) is 30.4 Å². The molecular formula is C29H37N5O4S. The van der Waals surface area contributed by atoms with Crippen LogP contribution in [0.5, 0.6) is 0 Å². The predicted octanol–water partition coefficient (Wildman–Crippen LogP) is 4.96. The standard InChI is InChI=1S/C29H37N5O4S/c1-19(35)24-12-13-25(39-24)28(38)31-29-30-22-18-21(32(2)27(37)17-20-7-3-4-8-20)10-11-23(22)34(29)16-6-15-33-14-5-9-26(33)36/h10-13,18-20,35H,3-9,14-17H2,1-2H3,(H,30,31,38). The molecule has 2 aliphatic rings. The smallest absolute Gasteiger partial charge is 0.268 e. The van der Waals surface area contributed by atoms with Gasteiger partial charge in [0.05, 0.1) is 22.0 Å². The molecule has 2 N–H and O–H groups in total. The maximum absolute atomic E-state index is 13.1. The van der Waals surface area contributed by atoms with Gasteiger partial charge in [0, 0.05) is 50.1 Å². The summed E-state index contributed by atoms with van der Waals surface area (Å²) >= 11 is 1.25. The highest BCUT2D eigenvalue weighted by Gasteiger charge is 2.23. The first-order valence-corrected chi connectivity index (χ1v) is 14.8. The second-order valence-corrected chi connectivity index (χ2v) is 11.9. The number of anilines is 2. The van der Waals surface area contributed by atoms with Crippen LogP contribution >= 0.6 is 11.3 Å². The molecule has 1 aliphatic heterocycles. The number of nitrogens with one attached hydrogen (secondary N) is 1.